The van der Waals surface area contributed by atoms with E-state index in [1.165, 1.54) is 11.3 Å². The highest BCUT2D eigenvalue weighted by Gasteiger charge is 2.18. The van der Waals surface area contributed by atoms with Crippen molar-refractivity contribution in [3.8, 4) is 0 Å². The van der Waals surface area contributed by atoms with Crippen molar-refractivity contribution in [1.82, 2.24) is 0 Å². The first-order valence-corrected chi connectivity index (χ1v) is 8.62. The molecule has 0 fully saturated rings. The number of anilines is 2. The van der Waals surface area contributed by atoms with Crippen LogP contribution >= 0.6 is 11.3 Å². The van der Waals surface area contributed by atoms with E-state index in [1.807, 2.05) is 32.9 Å². The molecule has 0 amide bonds. The van der Waals surface area contributed by atoms with Gasteiger partial charge in [-0.1, -0.05) is 13.0 Å². The van der Waals surface area contributed by atoms with Crippen LogP contribution in [-0.4, -0.2) is 8.42 Å². The molecule has 20 heavy (non-hydrogen) atoms. The Bertz CT molecular complexity index is 734. The van der Waals surface area contributed by atoms with Crippen LogP contribution in [0.25, 0.3) is 0 Å². The van der Waals surface area contributed by atoms with Crippen LogP contribution in [0.2, 0.25) is 0 Å². The molecule has 1 aromatic heterocycles. The van der Waals surface area contributed by atoms with E-state index < -0.39 is 10.0 Å². The highest BCUT2D eigenvalue weighted by molar-refractivity contribution is 7.94. The van der Waals surface area contributed by atoms with Gasteiger partial charge in [-0.25, -0.2) is 8.42 Å². The van der Waals surface area contributed by atoms with Gasteiger partial charge in [0.1, 0.15) is 4.21 Å². The fraction of sp³-hybridized carbons (Fsp3) is 0.286. The maximum absolute atomic E-state index is 12.3. The Hall–Kier alpha value is -1.53. The number of benzene rings is 1. The van der Waals surface area contributed by atoms with Crippen LogP contribution in [-0.2, 0) is 16.4 Å². The first-order chi connectivity index (χ1) is 9.35. The van der Waals surface area contributed by atoms with Crippen molar-refractivity contribution in [2.45, 2.75) is 31.4 Å². The summed E-state index contributed by atoms with van der Waals surface area (Å²) in [4.78, 5) is 1.05. The molecule has 0 radical (unpaired) electrons. The standard InChI is InChI=1S/C14H18N2O2S2/c1-4-11-6-8-13(19-11)20(17,18)16-12-7-5-9(2)14(15)10(12)3/h5-8,16H,4,15H2,1-3H3. The van der Waals surface area contributed by atoms with Gasteiger partial charge in [-0.15, -0.1) is 11.3 Å². The van der Waals surface area contributed by atoms with Gasteiger partial charge in [0.05, 0.1) is 5.69 Å². The van der Waals surface area contributed by atoms with Crippen molar-refractivity contribution in [1.29, 1.82) is 0 Å². The highest BCUT2D eigenvalue weighted by Crippen LogP contribution is 2.28. The first kappa shape index (κ1) is 14.9. The van der Waals surface area contributed by atoms with Crippen molar-refractivity contribution in [2.24, 2.45) is 0 Å². The summed E-state index contributed by atoms with van der Waals surface area (Å²) < 4.78 is 27.6. The molecule has 108 valence electrons. The highest BCUT2D eigenvalue weighted by atomic mass is 32.2. The molecule has 0 bridgehead atoms. The lowest BCUT2D eigenvalue weighted by Crippen LogP contribution is -2.13. The molecule has 0 aliphatic rings. The van der Waals surface area contributed by atoms with Gasteiger partial charge in [0.25, 0.3) is 10.0 Å². The minimum atomic E-state index is -3.54. The summed E-state index contributed by atoms with van der Waals surface area (Å²) in [6.45, 7) is 5.71. The fourth-order valence-electron chi connectivity index (χ4n) is 1.86. The predicted molar refractivity (Wildman–Crippen MR) is 84.8 cm³/mol. The largest absolute Gasteiger partial charge is 0.398 e. The molecule has 0 aliphatic carbocycles. The first-order valence-electron chi connectivity index (χ1n) is 6.32. The van der Waals surface area contributed by atoms with Gasteiger partial charge in [0.15, 0.2) is 0 Å². The topological polar surface area (TPSA) is 72.2 Å². The normalized spacial score (nSPS) is 11.6. The van der Waals surface area contributed by atoms with Gasteiger partial charge in [0.2, 0.25) is 0 Å². The molecule has 0 unspecified atom stereocenters. The third kappa shape index (κ3) is 2.81. The molecule has 2 rings (SSSR count). The second-order valence-electron chi connectivity index (χ2n) is 4.65. The molecule has 1 aromatic carbocycles. The number of rotatable bonds is 4. The number of aryl methyl sites for hydroxylation is 2. The van der Waals surface area contributed by atoms with E-state index in [2.05, 4.69) is 4.72 Å². The van der Waals surface area contributed by atoms with Crippen LogP contribution in [0.4, 0.5) is 11.4 Å². The van der Waals surface area contributed by atoms with Crippen LogP contribution in [0.15, 0.2) is 28.5 Å². The number of nitrogens with one attached hydrogen (secondary N) is 1. The summed E-state index contributed by atoms with van der Waals surface area (Å²) in [5, 5.41) is 0. The van der Waals surface area contributed by atoms with Crippen LogP contribution < -0.4 is 10.5 Å². The van der Waals surface area contributed by atoms with E-state index >= 15 is 0 Å². The molecule has 0 saturated carbocycles. The molecule has 0 atom stereocenters. The van der Waals surface area contributed by atoms with Crippen molar-refractivity contribution >= 4 is 32.7 Å². The molecule has 0 spiro atoms. The minimum absolute atomic E-state index is 0.327. The number of hydrogen-bond acceptors (Lipinski definition) is 4. The van der Waals surface area contributed by atoms with Crippen LogP contribution in [0.3, 0.4) is 0 Å². The van der Waals surface area contributed by atoms with Crippen molar-refractivity contribution in [2.75, 3.05) is 10.5 Å². The van der Waals surface area contributed by atoms with Crippen LogP contribution in [0, 0.1) is 13.8 Å². The summed E-state index contributed by atoms with van der Waals surface area (Å²) in [7, 11) is -3.54. The van der Waals surface area contributed by atoms with Crippen LogP contribution in [0.1, 0.15) is 22.9 Å². The molecule has 1 heterocycles. The van der Waals surface area contributed by atoms with E-state index in [9.17, 15) is 8.42 Å². The maximum Gasteiger partial charge on any atom is 0.271 e. The number of nitrogens with two attached hydrogens (primary N) is 1. The third-order valence-electron chi connectivity index (χ3n) is 3.23. The van der Waals surface area contributed by atoms with Crippen molar-refractivity contribution in [3.05, 3.63) is 40.3 Å². The molecule has 6 heteroatoms. The van der Waals surface area contributed by atoms with Gasteiger partial charge in [-0.05, 0) is 49.6 Å². The van der Waals surface area contributed by atoms with Crippen molar-refractivity contribution < 1.29 is 8.42 Å². The average Bonchev–Trinajstić information content (AvgIpc) is 2.89. The summed E-state index contributed by atoms with van der Waals surface area (Å²) in [5.41, 5.74) is 8.77. The molecule has 0 saturated heterocycles. The van der Waals surface area contributed by atoms with Gasteiger partial charge in [-0.2, -0.15) is 0 Å². The van der Waals surface area contributed by atoms with Gasteiger partial charge < -0.3 is 5.73 Å². The summed E-state index contributed by atoms with van der Waals surface area (Å²) >= 11 is 1.29. The monoisotopic (exact) mass is 310 g/mol. The van der Waals surface area contributed by atoms with Crippen LogP contribution in [0.5, 0.6) is 0 Å². The van der Waals surface area contributed by atoms with E-state index in [4.69, 9.17) is 5.73 Å². The molecular formula is C14H18N2O2S2. The van der Waals surface area contributed by atoms with Gasteiger partial charge >= 0.3 is 0 Å². The summed E-state index contributed by atoms with van der Waals surface area (Å²) in [6, 6.07) is 7.04. The zero-order valence-corrected chi connectivity index (χ0v) is 13.4. The Labute approximate surface area is 123 Å². The lowest BCUT2D eigenvalue weighted by Gasteiger charge is -2.12. The van der Waals surface area contributed by atoms with E-state index in [0.29, 0.717) is 15.6 Å². The second kappa shape index (κ2) is 5.46. The Kier molecular flexibility index (Phi) is 4.06. The quantitative estimate of drug-likeness (QED) is 0.851. The molecule has 4 nitrogen and oxygen atoms in total. The molecule has 3 N–H and O–H groups in total. The zero-order valence-electron chi connectivity index (χ0n) is 11.7. The third-order valence-corrected chi connectivity index (χ3v) is 6.31. The number of nitrogen functional groups attached to an aromatic ring is 1. The second-order valence-corrected chi connectivity index (χ2v) is 7.73. The summed E-state index contributed by atoms with van der Waals surface area (Å²) in [5.74, 6) is 0. The molecule has 2 aromatic rings. The SMILES string of the molecule is CCc1ccc(S(=O)(=O)Nc2ccc(C)c(N)c2C)s1. The maximum atomic E-state index is 12.3. The fourth-order valence-corrected chi connectivity index (χ4v) is 4.28. The Morgan fingerprint density at radius 2 is 1.90 bits per heavy atom. The number of thiophene rings is 1. The van der Waals surface area contributed by atoms with Gasteiger partial charge in [0, 0.05) is 10.6 Å². The zero-order chi connectivity index (χ0) is 14.9. The Morgan fingerprint density at radius 3 is 2.50 bits per heavy atom. The van der Waals surface area contributed by atoms with E-state index in [0.717, 1.165) is 22.4 Å². The number of sulfonamides is 1. The summed E-state index contributed by atoms with van der Waals surface area (Å²) in [6.07, 6.45) is 0.830. The molecular weight excluding hydrogens is 292 g/mol. The average molecular weight is 310 g/mol. The van der Waals surface area contributed by atoms with E-state index in [-0.39, 0.29) is 0 Å². The lowest BCUT2D eigenvalue weighted by molar-refractivity contribution is 0.603. The Balaban J connectivity index is 2.36. The predicted octanol–water partition coefficient (Wildman–Crippen LogP) is 3.31. The van der Waals surface area contributed by atoms with Crippen molar-refractivity contribution in [3.63, 3.8) is 0 Å². The lowest BCUT2D eigenvalue weighted by atomic mass is 10.1. The van der Waals surface area contributed by atoms with E-state index in [1.54, 1.807) is 12.1 Å². The molecule has 0 aliphatic heterocycles. The van der Waals surface area contributed by atoms with Gasteiger partial charge in [-0.3, -0.25) is 4.72 Å². The smallest absolute Gasteiger partial charge is 0.271 e. The Morgan fingerprint density at radius 1 is 1.20 bits per heavy atom. The minimum Gasteiger partial charge on any atom is -0.398 e. The number of hydrogen-bond donors (Lipinski definition) is 2.